The molecule has 2 aliphatic rings. The Balaban J connectivity index is 1.76. The van der Waals surface area contributed by atoms with Gasteiger partial charge in [0, 0.05) is 22.8 Å². The number of hydrogen-bond acceptors (Lipinski definition) is 3. The average molecular weight is 312 g/mol. The second kappa shape index (κ2) is 5.57. The largest absolute Gasteiger partial charge is 0.368 e. The second-order valence-electron chi connectivity index (χ2n) is 5.89. The van der Waals surface area contributed by atoms with E-state index in [1.807, 2.05) is 0 Å². The van der Waals surface area contributed by atoms with Crippen LogP contribution in [0.15, 0.2) is 23.1 Å². The first kappa shape index (κ1) is 14.8. The molecule has 1 aromatic carbocycles. The Hall–Kier alpha value is -1.14. The van der Waals surface area contributed by atoms with Crippen LogP contribution >= 0.6 is 11.8 Å². The van der Waals surface area contributed by atoms with Gasteiger partial charge in [0.25, 0.3) is 0 Å². The fourth-order valence-corrected chi connectivity index (χ4v) is 3.78. The summed E-state index contributed by atoms with van der Waals surface area (Å²) in [6.45, 7) is 0. The highest BCUT2D eigenvalue weighted by Gasteiger charge is 2.51. The predicted molar refractivity (Wildman–Crippen MR) is 77.9 cm³/mol. The van der Waals surface area contributed by atoms with E-state index >= 15 is 0 Å². The van der Waals surface area contributed by atoms with E-state index in [0.29, 0.717) is 16.7 Å². The van der Waals surface area contributed by atoms with Gasteiger partial charge in [-0.1, -0.05) is 0 Å². The first-order valence-electron chi connectivity index (χ1n) is 7.17. The van der Waals surface area contributed by atoms with Crippen molar-refractivity contribution in [2.24, 2.45) is 11.7 Å². The van der Waals surface area contributed by atoms with Gasteiger partial charge in [-0.15, -0.1) is 11.8 Å². The number of hydrogen-bond donors (Lipinski definition) is 2. The lowest BCUT2D eigenvalue weighted by atomic mass is 9.94. The quantitative estimate of drug-likeness (QED) is 0.760. The smallest absolute Gasteiger partial charge is 0.238 e. The van der Waals surface area contributed by atoms with Crippen molar-refractivity contribution in [2.45, 2.75) is 42.2 Å². The molecule has 0 radical (unpaired) electrons. The fraction of sp³-hybridized carbons (Fsp3) is 0.533. The van der Waals surface area contributed by atoms with Gasteiger partial charge in [-0.3, -0.25) is 10.1 Å². The van der Waals surface area contributed by atoms with E-state index in [0.717, 1.165) is 31.7 Å². The number of carbonyl (C=O) groups excluding carboxylic acids is 1. The molecule has 0 saturated heterocycles. The summed E-state index contributed by atoms with van der Waals surface area (Å²) in [4.78, 5) is 12.4. The minimum Gasteiger partial charge on any atom is -0.368 e. The van der Waals surface area contributed by atoms with Crippen LogP contribution in [-0.4, -0.2) is 23.2 Å². The van der Waals surface area contributed by atoms with Gasteiger partial charge in [-0.25, -0.2) is 8.78 Å². The molecule has 1 atom stereocenters. The molecule has 0 bridgehead atoms. The van der Waals surface area contributed by atoms with Crippen LogP contribution < -0.4 is 11.1 Å². The van der Waals surface area contributed by atoms with Crippen LogP contribution in [0.25, 0.3) is 0 Å². The second-order valence-corrected chi connectivity index (χ2v) is 6.91. The van der Waals surface area contributed by atoms with Crippen molar-refractivity contribution in [1.29, 1.82) is 0 Å². The molecule has 3 N–H and O–H groups in total. The molecule has 1 unspecified atom stereocenters. The van der Waals surface area contributed by atoms with Crippen molar-refractivity contribution in [3.63, 3.8) is 0 Å². The van der Waals surface area contributed by atoms with Crippen molar-refractivity contribution in [2.75, 3.05) is 5.75 Å². The lowest BCUT2D eigenvalue weighted by Gasteiger charge is -2.32. The number of nitrogens with two attached hydrogens (primary N) is 1. The predicted octanol–water partition coefficient (Wildman–Crippen LogP) is 2.44. The van der Waals surface area contributed by atoms with Crippen LogP contribution in [0.1, 0.15) is 25.7 Å². The van der Waals surface area contributed by atoms with Crippen LogP contribution in [-0.2, 0) is 4.79 Å². The highest BCUT2D eigenvalue weighted by molar-refractivity contribution is 7.99. The SMILES string of the molecule is NC(=O)C(CSc1ccc(F)cc1F)(NC1CC1)C1CC1. The average Bonchev–Trinajstić information content (AvgIpc) is 3.28. The lowest BCUT2D eigenvalue weighted by Crippen LogP contribution is -2.60. The summed E-state index contributed by atoms with van der Waals surface area (Å²) in [5.41, 5.74) is 4.88. The van der Waals surface area contributed by atoms with Gasteiger partial charge in [0.2, 0.25) is 5.91 Å². The number of rotatable bonds is 7. The Morgan fingerprint density at radius 2 is 2.05 bits per heavy atom. The molecule has 21 heavy (non-hydrogen) atoms. The number of amides is 1. The minimum absolute atomic E-state index is 0.228. The number of thioether (sulfide) groups is 1. The maximum absolute atomic E-state index is 13.7. The highest BCUT2D eigenvalue weighted by atomic mass is 32.2. The first-order valence-corrected chi connectivity index (χ1v) is 8.15. The molecule has 0 spiro atoms. The van der Waals surface area contributed by atoms with Gasteiger partial charge >= 0.3 is 0 Å². The normalized spacial score (nSPS) is 21.0. The summed E-state index contributed by atoms with van der Waals surface area (Å²) in [7, 11) is 0. The van der Waals surface area contributed by atoms with E-state index in [-0.39, 0.29) is 11.8 Å². The zero-order valence-electron chi connectivity index (χ0n) is 11.6. The van der Waals surface area contributed by atoms with E-state index in [4.69, 9.17) is 5.73 Å². The van der Waals surface area contributed by atoms with Gasteiger partial charge in [-0.05, 0) is 43.7 Å². The van der Waals surface area contributed by atoms with E-state index in [1.54, 1.807) is 0 Å². The van der Waals surface area contributed by atoms with Gasteiger partial charge < -0.3 is 5.73 Å². The fourth-order valence-electron chi connectivity index (χ4n) is 2.57. The van der Waals surface area contributed by atoms with Crippen LogP contribution in [0, 0.1) is 17.6 Å². The lowest BCUT2D eigenvalue weighted by molar-refractivity contribution is -0.124. The molecular formula is C15H18F2N2OS. The minimum atomic E-state index is -0.771. The molecule has 114 valence electrons. The number of benzene rings is 1. The molecule has 2 fully saturated rings. The number of halogens is 2. The van der Waals surface area contributed by atoms with Crippen LogP contribution in [0.3, 0.4) is 0 Å². The maximum Gasteiger partial charge on any atom is 0.238 e. The molecule has 1 amide bonds. The van der Waals surface area contributed by atoms with Crippen molar-refractivity contribution in [1.82, 2.24) is 5.32 Å². The summed E-state index contributed by atoms with van der Waals surface area (Å²) >= 11 is 1.22. The number of carbonyl (C=O) groups is 1. The molecule has 3 nitrogen and oxygen atoms in total. The van der Waals surface area contributed by atoms with E-state index in [2.05, 4.69) is 5.32 Å². The van der Waals surface area contributed by atoms with Gasteiger partial charge in [0.05, 0.1) is 0 Å². The monoisotopic (exact) mass is 312 g/mol. The van der Waals surface area contributed by atoms with Gasteiger partial charge in [0.1, 0.15) is 17.2 Å². The van der Waals surface area contributed by atoms with Crippen molar-refractivity contribution in [3.05, 3.63) is 29.8 Å². The van der Waals surface area contributed by atoms with E-state index < -0.39 is 17.2 Å². The standard InChI is InChI=1S/C15H18F2N2OS/c16-10-3-6-13(12(17)7-10)21-8-15(14(18)20,9-1-2-9)19-11-4-5-11/h3,6-7,9,11,19H,1-2,4-5,8H2,(H2,18,20). The third-order valence-corrected chi connectivity index (χ3v) is 5.34. The van der Waals surface area contributed by atoms with Crippen LogP contribution in [0.4, 0.5) is 8.78 Å². The molecule has 1 aromatic rings. The molecule has 2 saturated carbocycles. The summed E-state index contributed by atoms with van der Waals surface area (Å²) < 4.78 is 26.7. The van der Waals surface area contributed by atoms with Gasteiger partial charge in [0.15, 0.2) is 0 Å². The van der Waals surface area contributed by atoms with E-state index in [9.17, 15) is 13.6 Å². The summed E-state index contributed by atoms with van der Waals surface area (Å²) in [5.74, 6) is -0.957. The van der Waals surface area contributed by atoms with Crippen molar-refractivity contribution in [3.8, 4) is 0 Å². The topological polar surface area (TPSA) is 55.1 Å². The molecule has 0 aromatic heterocycles. The summed E-state index contributed by atoms with van der Waals surface area (Å²) in [5, 5.41) is 3.38. The Bertz CT molecular complexity index is 561. The third kappa shape index (κ3) is 3.21. The molecular weight excluding hydrogens is 294 g/mol. The van der Waals surface area contributed by atoms with Gasteiger partial charge in [-0.2, -0.15) is 0 Å². The first-order chi connectivity index (χ1) is 10.0. The third-order valence-electron chi connectivity index (χ3n) is 4.10. The summed E-state index contributed by atoms with van der Waals surface area (Å²) in [6, 6.07) is 3.84. The zero-order chi connectivity index (χ0) is 15.0. The van der Waals surface area contributed by atoms with Crippen LogP contribution in [0.5, 0.6) is 0 Å². The Morgan fingerprint density at radius 3 is 2.57 bits per heavy atom. The summed E-state index contributed by atoms with van der Waals surface area (Å²) in [6.07, 6.45) is 4.04. The van der Waals surface area contributed by atoms with E-state index in [1.165, 1.54) is 23.9 Å². The molecule has 0 heterocycles. The Morgan fingerprint density at radius 1 is 1.33 bits per heavy atom. The zero-order valence-corrected chi connectivity index (χ0v) is 12.4. The number of primary amides is 1. The molecule has 0 aliphatic heterocycles. The highest BCUT2D eigenvalue weighted by Crippen LogP contribution is 2.44. The van der Waals surface area contributed by atoms with Crippen molar-refractivity contribution >= 4 is 17.7 Å². The molecule has 6 heteroatoms. The Labute approximate surface area is 126 Å². The maximum atomic E-state index is 13.7. The number of nitrogens with one attached hydrogen (secondary N) is 1. The van der Waals surface area contributed by atoms with Crippen LogP contribution in [0.2, 0.25) is 0 Å². The molecule has 2 aliphatic carbocycles. The Kier molecular flexibility index (Phi) is 3.92. The van der Waals surface area contributed by atoms with Crippen molar-refractivity contribution < 1.29 is 13.6 Å². The molecule has 3 rings (SSSR count).